The second kappa shape index (κ2) is 7.97. The number of hydrogen-bond acceptors (Lipinski definition) is 2. The second-order valence-corrected chi connectivity index (χ2v) is 5.55. The molecular weight excluding hydrogens is 300 g/mol. The predicted molar refractivity (Wildman–Crippen MR) is 93.3 cm³/mol. The predicted octanol–water partition coefficient (Wildman–Crippen LogP) is 2.93. The van der Waals surface area contributed by atoms with E-state index in [1.165, 1.54) is 5.56 Å². The third kappa shape index (κ3) is 4.71. The number of amides is 2. The van der Waals surface area contributed by atoms with Gasteiger partial charge in [0.15, 0.2) is 0 Å². The number of benzene rings is 2. The Morgan fingerprint density at radius 1 is 0.833 bits per heavy atom. The molecule has 0 aliphatic rings. The lowest BCUT2D eigenvalue weighted by Gasteiger charge is -2.06. The van der Waals surface area contributed by atoms with Gasteiger partial charge in [0.2, 0.25) is 0 Å². The van der Waals surface area contributed by atoms with Crippen LogP contribution in [0.25, 0.3) is 0 Å². The number of hydrogen-bond donors (Lipinski definition) is 2. The van der Waals surface area contributed by atoms with Gasteiger partial charge < -0.3 is 10.6 Å². The van der Waals surface area contributed by atoms with Crippen molar-refractivity contribution in [3.8, 4) is 0 Å². The van der Waals surface area contributed by atoms with Gasteiger partial charge in [-0.15, -0.1) is 0 Å². The molecule has 3 rings (SSSR count). The molecule has 1 heterocycles. The standard InChI is InChI=1S/C19H20N4O/c24-19(20-11-16-7-3-1-4-8-16)21-12-18-13-22-23(15-18)14-17-9-5-2-6-10-17/h1-10,13,15H,11-12,14H2,(H2,20,21,24). The number of nitrogens with one attached hydrogen (secondary N) is 2. The van der Waals surface area contributed by atoms with Crippen LogP contribution in [0.3, 0.4) is 0 Å². The highest BCUT2D eigenvalue weighted by Crippen LogP contribution is 2.04. The molecule has 24 heavy (non-hydrogen) atoms. The van der Waals surface area contributed by atoms with Gasteiger partial charge >= 0.3 is 6.03 Å². The first-order valence-corrected chi connectivity index (χ1v) is 7.90. The van der Waals surface area contributed by atoms with Crippen LogP contribution in [-0.2, 0) is 19.6 Å². The molecule has 1 aromatic heterocycles. The maximum atomic E-state index is 11.8. The molecule has 0 atom stereocenters. The molecule has 0 bridgehead atoms. The lowest BCUT2D eigenvalue weighted by Crippen LogP contribution is -2.34. The summed E-state index contributed by atoms with van der Waals surface area (Å²) in [5, 5.41) is 10.0. The van der Waals surface area contributed by atoms with E-state index in [1.54, 1.807) is 6.20 Å². The van der Waals surface area contributed by atoms with E-state index in [0.29, 0.717) is 13.1 Å². The third-order valence-corrected chi connectivity index (χ3v) is 3.62. The molecule has 2 aromatic carbocycles. The molecule has 122 valence electrons. The monoisotopic (exact) mass is 320 g/mol. The van der Waals surface area contributed by atoms with Crippen LogP contribution >= 0.6 is 0 Å². The van der Waals surface area contributed by atoms with Crippen molar-refractivity contribution in [2.24, 2.45) is 0 Å². The Hall–Kier alpha value is -3.08. The minimum absolute atomic E-state index is 0.185. The lowest BCUT2D eigenvalue weighted by atomic mass is 10.2. The molecule has 0 spiro atoms. The minimum atomic E-state index is -0.185. The van der Waals surface area contributed by atoms with Gasteiger partial charge in [-0.05, 0) is 11.1 Å². The largest absolute Gasteiger partial charge is 0.334 e. The maximum Gasteiger partial charge on any atom is 0.315 e. The van der Waals surface area contributed by atoms with Crippen LogP contribution in [0.5, 0.6) is 0 Å². The first kappa shape index (κ1) is 15.8. The molecule has 0 aliphatic carbocycles. The zero-order chi connectivity index (χ0) is 16.6. The fraction of sp³-hybridized carbons (Fsp3) is 0.158. The smallest absolute Gasteiger partial charge is 0.315 e. The van der Waals surface area contributed by atoms with Gasteiger partial charge in [-0.2, -0.15) is 5.10 Å². The fourth-order valence-corrected chi connectivity index (χ4v) is 2.38. The maximum absolute atomic E-state index is 11.8. The van der Waals surface area contributed by atoms with Crippen molar-refractivity contribution in [3.05, 3.63) is 89.7 Å². The number of rotatable bonds is 6. The number of urea groups is 1. The summed E-state index contributed by atoms with van der Waals surface area (Å²) in [6, 6.07) is 19.8. The van der Waals surface area contributed by atoms with E-state index in [1.807, 2.05) is 59.4 Å². The van der Waals surface area contributed by atoms with E-state index in [0.717, 1.165) is 17.7 Å². The molecule has 0 unspecified atom stereocenters. The van der Waals surface area contributed by atoms with Crippen molar-refractivity contribution in [2.45, 2.75) is 19.6 Å². The summed E-state index contributed by atoms with van der Waals surface area (Å²) in [6.45, 7) is 1.69. The molecule has 0 radical (unpaired) electrons. The topological polar surface area (TPSA) is 59.0 Å². The highest BCUT2D eigenvalue weighted by Gasteiger charge is 2.03. The zero-order valence-electron chi connectivity index (χ0n) is 13.4. The Morgan fingerprint density at radius 2 is 1.42 bits per heavy atom. The van der Waals surface area contributed by atoms with Gasteiger partial charge in [0, 0.05) is 24.8 Å². The van der Waals surface area contributed by atoms with Crippen molar-refractivity contribution in [3.63, 3.8) is 0 Å². The molecule has 3 aromatic rings. The highest BCUT2D eigenvalue weighted by molar-refractivity contribution is 5.73. The number of carbonyl (C=O) groups is 1. The molecule has 5 nitrogen and oxygen atoms in total. The Morgan fingerprint density at radius 3 is 2.08 bits per heavy atom. The van der Waals surface area contributed by atoms with Crippen molar-refractivity contribution < 1.29 is 4.79 Å². The van der Waals surface area contributed by atoms with Gasteiger partial charge in [-0.1, -0.05) is 60.7 Å². The molecule has 2 N–H and O–H groups in total. The molecular formula is C19H20N4O. The van der Waals surface area contributed by atoms with E-state index in [-0.39, 0.29) is 6.03 Å². The Labute approximate surface area is 141 Å². The first-order valence-electron chi connectivity index (χ1n) is 7.90. The second-order valence-electron chi connectivity index (χ2n) is 5.55. The summed E-state index contributed by atoms with van der Waals surface area (Å²) in [5.41, 5.74) is 3.24. The Balaban J connectivity index is 1.44. The average molecular weight is 320 g/mol. The fourth-order valence-electron chi connectivity index (χ4n) is 2.38. The summed E-state index contributed by atoms with van der Waals surface area (Å²) in [4.78, 5) is 11.8. The van der Waals surface area contributed by atoms with Crippen LogP contribution in [-0.4, -0.2) is 15.8 Å². The SMILES string of the molecule is O=C(NCc1ccccc1)NCc1cnn(Cc2ccccc2)c1. The molecule has 0 aliphatic heterocycles. The highest BCUT2D eigenvalue weighted by atomic mass is 16.2. The summed E-state index contributed by atoms with van der Waals surface area (Å²) >= 11 is 0. The quantitative estimate of drug-likeness (QED) is 0.733. The Kier molecular flexibility index (Phi) is 5.24. The van der Waals surface area contributed by atoms with Crippen LogP contribution in [0.15, 0.2) is 73.1 Å². The summed E-state index contributed by atoms with van der Waals surface area (Å²) in [6.07, 6.45) is 3.73. The van der Waals surface area contributed by atoms with Crippen LogP contribution in [0.1, 0.15) is 16.7 Å². The van der Waals surface area contributed by atoms with Crippen LogP contribution in [0.4, 0.5) is 4.79 Å². The molecule has 5 heteroatoms. The van der Waals surface area contributed by atoms with Gasteiger partial charge in [-0.25, -0.2) is 4.79 Å². The van der Waals surface area contributed by atoms with Crippen molar-refractivity contribution in [2.75, 3.05) is 0 Å². The van der Waals surface area contributed by atoms with Gasteiger partial charge in [0.1, 0.15) is 0 Å². The van der Waals surface area contributed by atoms with E-state index >= 15 is 0 Å². The summed E-state index contributed by atoms with van der Waals surface area (Å²) in [7, 11) is 0. The Bertz CT molecular complexity index is 768. The van der Waals surface area contributed by atoms with E-state index < -0.39 is 0 Å². The molecule has 0 saturated heterocycles. The van der Waals surface area contributed by atoms with Crippen molar-refractivity contribution in [1.82, 2.24) is 20.4 Å². The first-order chi connectivity index (χ1) is 11.8. The summed E-state index contributed by atoms with van der Waals surface area (Å²) < 4.78 is 1.87. The number of aromatic nitrogens is 2. The lowest BCUT2D eigenvalue weighted by molar-refractivity contribution is 0.240. The average Bonchev–Trinajstić information content (AvgIpc) is 3.07. The summed E-state index contributed by atoms with van der Waals surface area (Å²) in [5.74, 6) is 0. The van der Waals surface area contributed by atoms with E-state index in [9.17, 15) is 4.79 Å². The van der Waals surface area contributed by atoms with E-state index in [4.69, 9.17) is 0 Å². The van der Waals surface area contributed by atoms with Gasteiger partial charge in [-0.3, -0.25) is 4.68 Å². The molecule has 0 fully saturated rings. The minimum Gasteiger partial charge on any atom is -0.334 e. The van der Waals surface area contributed by atoms with Crippen molar-refractivity contribution >= 4 is 6.03 Å². The normalized spacial score (nSPS) is 10.3. The molecule has 0 saturated carbocycles. The number of carbonyl (C=O) groups excluding carboxylic acids is 1. The number of nitrogens with zero attached hydrogens (tertiary/aromatic N) is 2. The van der Waals surface area contributed by atoms with Crippen LogP contribution in [0.2, 0.25) is 0 Å². The van der Waals surface area contributed by atoms with Crippen LogP contribution < -0.4 is 10.6 Å². The third-order valence-electron chi connectivity index (χ3n) is 3.62. The van der Waals surface area contributed by atoms with Crippen molar-refractivity contribution in [1.29, 1.82) is 0 Å². The van der Waals surface area contributed by atoms with Gasteiger partial charge in [0.05, 0.1) is 12.7 Å². The van der Waals surface area contributed by atoms with Gasteiger partial charge in [0.25, 0.3) is 0 Å². The van der Waals surface area contributed by atoms with E-state index in [2.05, 4.69) is 27.9 Å². The zero-order valence-corrected chi connectivity index (χ0v) is 13.4. The molecule has 2 amide bonds. The van der Waals surface area contributed by atoms with Crippen LogP contribution in [0, 0.1) is 0 Å².